The van der Waals surface area contributed by atoms with Crippen molar-refractivity contribution in [3.05, 3.63) is 64.4 Å². The van der Waals surface area contributed by atoms with Gasteiger partial charge in [-0.05, 0) is 36.2 Å². The zero-order valence-electron chi connectivity index (χ0n) is 14.3. The Kier molecular flexibility index (Phi) is 6.15. The molecule has 2 amide bonds. The number of hydrogen-bond donors (Lipinski definition) is 1. The summed E-state index contributed by atoms with van der Waals surface area (Å²) in [6.07, 6.45) is 0.295. The summed E-state index contributed by atoms with van der Waals surface area (Å²) < 4.78 is 13.7. The first-order valence-electron chi connectivity index (χ1n) is 7.85. The summed E-state index contributed by atoms with van der Waals surface area (Å²) >= 11 is 6.13. The smallest absolute Gasteiger partial charge is 0.254 e. The third kappa shape index (κ3) is 4.79. The minimum absolute atomic E-state index is 0.212. The Hall–Kier alpha value is -2.40. The summed E-state index contributed by atoms with van der Waals surface area (Å²) in [4.78, 5) is 25.7. The van der Waals surface area contributed by atoms with E-state index in [-0.39, 0.29) is 22.7 Å². The van der Waals surface area contributed by atoms with Crippen LogP contribution in [0.5, 0.6) is 0 Å². The van der Waals surface area contributed by atoms with Crippen LogP contribution >= 0.6 is 11.6 Å². The third-order valence-corrected chi connectivity index (χ3v) is 4.12. The van der Waals surface area contributed by atoms with Crippen molar-refractivity contribution in [1.82, 2.24) is 4.90 Å². The van der Waals surface area contributed by atoms with Gasteiger partial charge in [-0.3, -0.25) is 9.59 Å². The second-order valence-corrected chi connectivity index (χ2v) is 6.49. The Morgan fingerprint density at radius 1 is 1.20 bits per heavy atom. The van der Waals surface area contributed by atoms with Gasteiger partial charge in [0, 0.05) is 25.7 Å². The summed E-state index contributed by atoms with van der Waals surface area (Å²) in [6, 6.07) is 11.1. The molecule has 6 heteroatoms. The highest BCUT2D eigenvalue weighted by atomic mass is 35.5. The van der Waals surface area contributed by atoms with Crippen molar-refractivity contribution in [3.63, 3.8) is 0 Å². The fraction of sp³-hybridized carbons (Fsp3) is 0.263. The van der Waals surface area contributed by atoms with Crippen LogP contribution in [0.15, 0.2) is 42.5 Å². The lowest BCUT2D eigenvalue weighted by Crippen LogP contribution is -2.23. The molecule has 0 aliphatic carbocycles. The first kappa shape index (κ1) is 18.9. The van der Waals surface area contributed by atoms with Crippen molar-refractivity contribution in [3.8, 4) is 0 Å². The van der Waals surface area contributed by atoms with E-state index in [2.05, 4.69) is 5.32 Å². The van der Waals surface area contributed by atoms with Crippen molar-refractivity contribution in [1.29, 1.82) is 0 Å². The van der Waals surface area contributed by atoms with Crippen LogP contribution in [-0.2, 0) is 11.2 Å². The predicted octanol–water partition coefficient (Wildman–Crippen LogP) is 4.00. The van der Waals surface area contributed by atoms with E-state index in [4.69, 9.17) is 11.6 Å². The van der Waals surface area contributed by atoms with E-state index >= 15 is 0 Å². The molecule has 0 aliphatic heterocycles. The van der Waals surface area contributed by atoms with Crippen LogP contribution in [0.1, 0.15) is 22.8 Å². The summed E-state index contributed by atoms with van der Waals surface area (Å²) in [5.41, 5.74) is 1.35. The van der Waals surface area contributed by atoms with Gasteiger partial charge in [-0.2, -0.15) is 0 Å². The van der Waals surface area contributed by atoms with Crippen LogP contribution in [-0.4, -0.2) is 30.8 Å². The lowest BCUT2D eigenvalue weighted by molar-refractivity contribution is -0.119. The molecule has 0 spiro atoms. The number of carbonyl (C=O) groups excluding carboxylic acids is 2. The molecule has 0 bridgehead atoms. The van der Waals surface area contributed by atoms with Crippen molar-refractivity contribution in [2.45, 2.75) is 13.3 Å². The topological polar surface area (TPSA) is 49.4 Å². The van der Waals surface area contributed by atoms with Crippen molar-refractivity contribution < 1.29 is 14.0 Å². The normalized spacial score (nSPS) is 11.7. The van der Waals surface area contributed by atoms with E-state index in [1.807, 2.05) is 0 Å². The van der Waals surface area contributed by atoms with Crippen molar-refractivity contribution in [2.24, 2.45) is 5.92 Å². The molecular weight excluding hydrogens is 343 g/mol. The van der Waals surface area contributed by atoms with Crippen LogP contribution in [0.2, 0.25) is 5.02 Å². The Balaban J connectivity index is 2.06. The number of benzene rings is 2. The number of halogens is 2. The van der Waals surface area contributed by atoms with E-state index in [1.54, 1.807) is 51.4 Å². The number of nitrogens with zero attached hydrogens (tertiary/aromatic N) is 1. The molecule has 2 aromatic carbocycles. The lowest BCUT2D eigenvalue weighted by Gasteiger charge is -2.15. The number of rotatable bonds is 5. The SMILES string of the molecule is CC(Cc1ccccc1F)C(=O)Nc1ccc(C(=O)N(C)C)c(Cl)c1. The van der Waals surface area contributed by atoms with Crippen LogP contribution < -0.4 is 5.32 Å². The molecule has 1 unspecified atom stereocenters. The minimum atomic E-state index is -0.418. The second kappa shape index (κ2) is 8.12. The second-order valence-electron chi connectivity index (χ2n) is 6.08. The van der Waals surface area contributed by atoms with E-state index in [9.17, 15) is 14.0 Å². The molecule has 0 aliphatic rings. The molecule has 2 rings (SSSR count). The Labute approximate surface area is 151 Å². The number of anilines is 1. The highest BCUT2D eigenvalue weighted by Gasteiger charge is 2.17. The standard InChI is InChI=1S/C19H20ClFN2O2/c1-12(10-13-6-4-5-7-17(13)21)18(24)22-14-8-9-15(16(20)11-14)19(25)23(2)3/h4-9,11-12H,10H2,1-3H3,(H,22,24). The van der Waals surface area contributed by atoms with Gasteiger partial charge in [0.25, 0.3) is 5.91 Å². The van der Waals surface area contributed by atoms with E-state index in [0.29, 0.717) is 23.2 Å². The fourth-order valence-corrected chi connectivity index (χ4v) is 2.62. The quantitative estimate of drug-likeness (QED) is 0.874. The van der Waals surface area contributed by atoms with Gasteiger partial charge in [0.1, 0.15) is 5.82 Å². The largest absolute Gasteiger partial charge is 0.345 e. The predicted molar refractivity (Wildman–Crippen MR) is 97.4 cm³/mol. The lowest BCUT2D eigenvalue weighted by atomic mass is 10.00. The molecule has 4 nitrogen and oxygen atoms in total. The summed E-state index contributed by atoms with van der Waals surface area (Å²) in [6.45, 7) is 1.73. The van der Waals surface area contributed by atoms with Gasteiger partial charge in [0.15, 0.2) is 0 Å². The molecule has 0 heterocycles. The molecule has 0 radical (unpaired) electrons. The molecule has 2 aromatic rings. The van der Waals surface area contributed by atoms with Gasteiger partial charge in [-0.1, -0.05) is 36.7 Å². The molecule has 1 atom stereocenters. The molecule has 0 fully saturated rings. The van der Waals surface area contributed by atoms with E-state index < -0.39 is 5.92 Å². The third-order valence-electron chi connectivity index (χ3n) is 3.80. The Morgan fingerprint density at radius 2 is 1.88 bits per heavy atom. The number of nitrogens with one attached hydrogen (secondary N) is 1. The van der Waals surface area contributed by atoms with Gasteiger partial charge in [-0.25, -0.2) is 4.39 Å². The molecule has 0 aromatic heterocycles. The summed E-state index contributed by atoms with van der Waals surface area (Å²) in [5.74, 6) is -1.20. The van der Waals surface area contributed by atoms with Gasteiger partial charge < -0.3 is 10.2 Å². The maximum absolute atomic E-state index is 13.7. The van der Waals surface area contributed by atoms with E-state index in [1.165, 1.54) is 17.0 Å². The molecular formula is C19H20ClFN2O2. The number of carbonyl (C=O) groups is 2. The highest BCUT2D eigenvalue weighted by Crippen LogP contribution is 2.23. The average molecular weight is 363 g/mol. The van der Waals surface area contributed by atoms with Gasteiger partial charge in [0.2, 0.25) is 5.91 Å². The Morgan fingerprint density at radius 3 is 2.48 bits per heavy atom. The molecule has 0 saturated carbocycles. The Bertz CT molecular complexity index is 793. The number of amides is 2. The van der Waals surface area contributed by atoms with Crippen LogP contribution in [0.3, 0.4) is 0 Å². The number of hydrogen-bond acceptors (Lipinski definition) is 2. The van der Waals surface area contributed by atoms with Gasteiger partial charge in [-0.15, -0.1) is 0 Å². The maximum Gasteiger partial charge on any atom is 0.254 e. The fourth-order valence-electron chi connectivity index (χ4n) is 2.36. The van der Waals surface area contributed by atoms with Crippen molar-refractivity contribution >= 4 is 29.1 Å². The summed E-state index contributed by atoms with van der Waals surface area (Å²) in [7, 11) is 3.28. The van der Waals surface area contributed by atoms with Gasteiger partial charge >= 0.3 is 0 Å². The minimum Gasteiger partial charge on any atom is -0.345 e. The monoisotopic (exact) mass is 362 g/mol. The average Bonchev–Trinajstić information content (AvgIpc) is 2.56. The van der Waals surface area contributed by atoms with Crippen molar-refractivity contribution in [2.75, 3.05) is 19.4 Å². The van der Waals surface area contributed by atoms with Gasteiger partial charge in [0.05, 0.1) is 10.6 Å². The molecule has 25 heavy (non-hydrogen) atoms. The summed E-state index contributed by atoms with van der Waals surface area (Å²) in [5, 5.41) is 3.01. The van der Waals surface area contributed by atoms with E-state index in [0.717, 1.165) is 0 Å². The highest BCUT2D eigenvalue weighted by molar-refractivity contribution is 6.34. The first-order valence-corrected chi connectivity index (χ1v) is 8.23. The maximum atomic E-state index is 13.7. The zero-order chi connectivity index (χ0) is 18.6. The first-order chi connectivity index (χ1) is 11.8. The molecule has 0 saturated heterocycles. The van der Waals surface area contributed by atoms with Crippen LogP contribution in [0, 0.1) is 11.7 Å². The zero-order valence-corrected chi connectivity index (χ0v) is 15.1. The van der Waals surface area contributed by atoms with Crippen LogP contribution in [0.4, 0.5) is 10.1 Å². The molecule has 132 valence electrons. The van der Waals surface area contributed by atoms with Crippen LogP contribution in [0.25, 0.3) is 0 Å². The molecule has 1 N–H and O–H groups in total.